The molecule has 1 aromatic heterocycles. The normalized spacial score (nSPS) is 19.9. The number of aryl methyl sites for hydroxylation is 2. The fourth-order valence-corrected chi connectivity index (χ4v) is 3.01. The van der Waals surface area contributed by atoms with Gasteiger partial charge >= 0.3 is 0 Å². The molecule has 1 unspecified atom stereocenters. The van der Waals surface area contributed by atoms with Gasteiger partial charge in [0.25, 0.3) is 0 Å². The molecule has 90 valence electrons. The van der Waals surface area contributed by atoms with Gasteiger partial charge in [-0.05, 0) is 38.8 Å². The molecule has 1 aliphatic rings. The summed E-state index contributed by atoms with van der Waals surface area (Å²) in [5.74, 6) is 0.786. The van der Waals surface area contributed by atoms with Crippen LogP contribution in [0, 0.1) is 12.8 Å². The van der Waals surface area contributed by atoms with Crippen LogP contribution in [0.3, 0.4) is 0 Å². The van der Waals surface area contributed by atoms with E-state index >= 15 is 0 Å². The molecule has 0 amide bonds. The van der Waals surface area contributed by atoms with Crippen LogP contribution in [0.15, 0.2) is 6.07 Å². The molecule has 1 saturated carbocycles. The Morgan fingerprint density at radius 1 is 1.38 bits per heavy atom. The van der Waals surface area contributed by atoms with Gasteiger partial charge in [0.15, 0.2) is 0 Å². The summed E-state index contributed by atoms with van der Waals surface area (Å²) in [5.41, 5.74) is 2.46. The first-order valence-corrected chi connectivity index (χ1v) is 6.40. The van der Waals surface area contributed by atoms with Crippen molar-refractivity contribution in [1.29, 1.82) is 0 Å². The van der Waals surface area contributed by atoms with Crippen molar-refractivity contribution in [3.8, 4) is 0 Å². The summed E-state index contributed by atoms with van der Waals surface area (Å²) >= 11 is 0. The second kappa shape index (κ2) is 5.00. The molecule has 2 rings (SSSR count). The van der Waals surface area contributed by atoms with Crippen LogP contribution >= 0.6 is 0 Å². The molecule has 1 aromatic rings. The highest BCUT2D eigenvalue weighted by molar-refractivity contribution is 5.14. The number of rotatable bonds is 3. The highest BCUT2D eigenvalue weighted by atomic mass is 15.3. The van der Waals surface area contributed by atoms with Crippen molar-refractivity contribution in [1.82, 2.24) is 15.1 Å². The molecule has 0 spiro atoms. The van der Waals surface area contributed by atoms with Gasteiger partial charge in [0.1, 0.15) is 0 Å². The lowest BCUT2D eigenvalue weighted by atomic mass is 9.82. The van der Waals surface area contributed by atoms with Gasteiger partial charge in [-0.15, -0.1) is 0 Å². The van der Waals surface area contributed by atoms with Gasteiger partial charge in [0.05, 0.1) is 17.4 Å². The third-order valence-electron chi connectivity index (χ3n) is 3.79. The summed E-state index contributed by atoms with van der Waals surface area (Å²) in [5, 5.41) is 7.93. The molecule has 1 heterocycles. The minimum Gasteiger partial charge on any atom is -0.311 e. The molecule has 0 aromatic carbocycles. The van der Waals surface area contributed by atoms with E-state index in [1.165, 1.54) is 37.8 Å². The maximum atomic E-state index is 4.45. The van der Waals surface area contributed by atoms with E-state index in [0.29, 0.717) is 6.04 Å². The predicted molar refractivity (Wildman–Crippen MR) is 66.3 cm³/mol. The highest BCUT2D eigenvalue weighted by Crippen LogP contribution is 2.34. The summed E-state index contributed by atoms with van der Waals surface area (Å²) in [7, 11) is 4.12. The lowest BCUT2D eigenvalue weighted by Gasteiger charge is -2.30. The quantitative estimate of drug-likeness (QED) is 0.850. The van der Waals surface area contributed by atoms with Crippen molar-refractivity contribution in [3.63, 3.8) is 0 Å². The minimum atomic E-state index is 0.478. The van der Waals surface area contributed by atoms with E-state index in [0.717, 1.165) is 11.6 Å². The molecule has 0 bridgehead atoms. The number of hydrogen-bond donors (Lipinski definition) is 1. The summed E-state index contributed by atoms with van der Waals surface area (Å²) < 4.78 is 2.03. The SMILES string of the molecule is CNC(c1cc(C)nn1C)C1CCCCC1. The molecule has 3 heteroatoms. The van der Waals surface area contributed by atoms with E-state index in [1.807, 2.05) is 4.68 Å². The number of nitrogens with zero attached hydrogens (tertiary/aromatic N) is 2. The second-order valence-corrected chi connectivity index (χ2v) is 5.00. The van der Waals surface area contributed by atoms with Gasteiger partial charge in [-0.2, -0.15) is 5.10 Å². The van der Waals surface area contributed by atoms with Crippen LogP contribution in [-0.2, 0) is 7.05 Å². The Labute approximate surface area is 98.2 Å². The average Bonchev–Trinajstić information content (AvgIpc) is 2.61. The average molecular weight is 221 g/mol. The maximum absolute atomic E-state index is 4.45. The fourth-order valence-electron chi connectivity index (χ4n) is 3.01. The van der Waals surface area contributed by atoms with E-state index < -0.39 is 0 Å². The van der Waals surface area contributed by atoms with Crippen molar-refractivity contribution in [3.05, 3.63) is 17.5 Å². The summed E-state index contributed by atoms with van der Waals surface area (Å²) in [6.07, 6.45) is 6.90. The Hall–Kier alpha value is -0.830. The minimum absolute atomic E-state index is 0.478. The predicted octanol–water partition coefficient (Wildman–Crippen LogP) is 2.57. The molecular formula is C13H23N3. The van der Waals surface area contributed by atoms with Gasteiger partial charge in [-0.1, -0.05) is 19.3 Å². The van der Waals surface area contributed by atoms with Crippen LogP contribution in [-0.4, -0.2) is 16.8 Å². The maximum Gasteiger partial charge on any atom is 0.0597 e. The van der Waals surface area contributed by atoms with Crippen molar-refractivity contribution in [2.24, 2.45) is 13.0 Å². The van der Waals surface area contributed by atoms with Crippen molar-refractivity contribution < 1.29 is 0 Å². The van der Waals surface area contributed by atoms with Gasteiger partial charge in [0, 0.05) is 7.05 Å². The lowest BCUT2D eigenvalue weighted by Crippen LogP contribution is -2.28. The Morgan fingerprint density at radius 3 is 2.56 bits per heavy atom. The van der Waals surface area contributed by atoms with Gasteiger partial charge < -0.3 is 5.32 Å². The first-order chi connectivity index (χ1) is 7.72. The van der Waals surface area contributed by atoms with E-state index in [4.69, 9.17) is 0 Å². The molecule has 1 N–H and O–H groups in total. The van der Waals surface area contributed by atoms with E-state index in [9.17, 15) is 0 Å². The van der Waals surface area contributed by atoms with E-state index in [-0.39, 0.29) is 0 Å². The zero-order chi connectivity index (χ0) is 11.5. The standard InChI is InChI=1S/C13H23N3/c1-10-9-12(16(3)15-10)13(14-2)11-7-5-4-6-8-11/h9,11,13-14H,4-8H2,1-3H3. The third-order valence-corrected chi connectivity index (χ3v) is 3.79. The zero-order valence-corrected chi connectivity index (χ0v) is 10.7. The first kappa shape index (κ1) is 11.6. The fraction of sp³-hybridized carbons (Fsp3) is 0.769. The van der Waals surface area contributed by atoms with Crippen LogP contribution in [0.4, 0.5) is 0 Å². The molecular weight excluding hydrogens is 198 g/mol. The van der Waals surface area contributed by atoms with Crippen molar-refractivity contribution in [2.45, 2.75) is 45.1 Å². The topological polar surface area (TPSA) is 29.9 Å². The van der Waals surface area contributed by atoms with Crippen molar-refractivity contribution >= 4 is 0 Å². The largest absolute Gasteiger partial charge is 0.311 e. The summed E-state index contributed by atoms with van der Waals surface area (Å²) in [6, 6.07) is 2.70. The molecule has 0 saturated heterocycles. The van der Waals surface area contributed by atoms with E-state index in [1.54, 1.807) is 0 Å². The zero-order valence-electron chi connectivity index (χ0n) is 10.7. The molecule has 0 aliphatic heterocycles. The summed E-state index contributed by atoms with van der Waals surface area (Å²) in [6.45, 7) is 2.07. The van der Waals surface area contributed by atoms with Gasteiger partial charge in [-0.3, -0.25) is 4.68 Å². The van der Waals surface area contributed by atoms with Gasteiger partial charge in [-0.25, -0.2) is 0 Å². The molecule has 3 nitrogen and oxygen atoms in total. The molecule has 0 radical (unpaired) electrons. The molecule has 1 atom stereocenters. The molecule has 1 fully saturated rings. The number of nitrogens with one attached hydrogen (secondary N) is 1. The van der Waals surface area contributed by atoms with Crippen LogP contribution in [0.1, 0.15) is 49.5 Å². The lowest BCUT2D eigenvalue weighted by molar-refractivity contribution is 0.273. The highest BCUT2D eigenvalue weighted by Gasteiger charge is 2.25. The monoisotopic (exact) mass is 221 g/mol. The number of hydrogen-bond acceptors (Lipinski definition) is 2. The Bertz CT molecular complexity index is 337. The van der Waals surface area contributed by atoms with Crippen LogP contribution in [0.2, 0.25) is 0 Å². The Morgan fingerprint density at radius 2 is 2.06 bits per heavy atom. The summed E-state index contributed by atoms with van der Waals surface area (Å²) in [4.78, 5) is 0. The Balaban J connectivity index is 2.17. The van der Waals surface area contributed by atoms with Crippen LogP contribution in [0.25, 0.3) is 0 Å². The van der Waals surface area contributed by atoms with Gasteiger partial charge in [0.2, 0.25) is 0 Å². The van der Waals surface area contributed by atoms with Crippen molar-refractivity contribution in [2.75, 3.05) is 7.05 Å². The smallest absolute Gasteiger partial charge is 0.0597 e. The van der Waals surface area contributed by atoms with Crippen LogP contribution in [0.5, 0.6) is 0 Å². The van der Waals surface area contributed by atoms with E-state index in [2.05, 4.69) is 37.5 Å². The second-order valence-electron chi connectivity index (χ2n) is 5.00. The Kier molecular flexibility index (Phi) is 3.64. The molecule has 1 aliphatic carbocycles. The third kappa shape index (κ3) is 2.29. The van der Waals surface area contributed by atoms with Crippen LogP contribution < -0.4 is 5.32 Å². The molecule has 16 heavy (non-hydrogen) atoms. The first-order valence-electron chi connectivity index (χ1n) is 6.40. The number of aromatic nitrogens is 2.